The molecule has 2 aromatic rings. The van der Waals surface area contributed by atoms with Gasteiger partial charge in [-0.25, -0.2) is 13.1 Å². The molecule has 1 aliphatic heterocycles. The SMILES string of the molecule is Cc1ccc(CNS(=O)(=O)c2ccc3c(c2)CCN3C(=O)CCCC(=O)[O-])cc1. The van der Waals surface area contributed by atoms with Crippen LogP contribution >= 0.6 is 0 Å². The number of hydrogen-bond donors (Lipinski definition) is 1. The number of fused-ring (bicyclic) bond motifs is 1. The molecule has 0 spiro atoms. The number of rotatable bonds is 8. The first kappa shape index (κ1) is 21.0. The van der Waals surface area contributed by atoms with Gasteiger partial charge in [0, 0.05) is 31.2 Å². The van der Waals surface area contributed by atoms with Gasteiger partial charge in [0.05, 0.1) is 4.90 Å². The normalized spacial score (nSPS) is 13.3. The van der Waals surface area contributed by atoms with Crippen LogP contribution in [-0.4, -0.2) is 26.8 Å². The summed E-state index contributed by atoms with van der Waals surface area (Å²) in [6, 6.07) is 12.3. The Morgan fingerprint density at radius 3 is 2.52 bits per heavy atom. The third kappa shape index (κ3) is 5.21. The van der Waals surface area contributed by atoms with Crippen LogP contribution in [0, 0.1) is 6.92 Å². The van der Waals surface area contributed by atoms with Crippen molar-refractivity contribution in [2.75, 3.05) is 11.4 Å². The van der Waals surface area contributed by atoms with Crippen LogP contribution in [0.2, 0.25) is 0 Å². The molecule has 0 saturated carbocycles. The molecule has 0 fully saturated rings. The van der Waals surface area contributed by atoms with E-state index in [1.165, 1.54) is 6.07 Å². The van der Waals surface area contributed by atoms with E-state index in [2.05, 4.69) is 4.72 Å². The summed E-state index contributed by atoms with van der Waals surface area (Å²) in [4.78, 5) is 24.6. The fraction of sp³-hybridized carbons (Fsp3) is 0.333. The highest BCUT2D eigenvalue weighted by molar-refractivity contribution is 7.89. The number of nitrogens with zero attached hydrogens (tertiary/aromatic N) is 1. The van der Waals surface area contributed by atoms with Crippen LogP contribution in [0.5, 0.6) is 0 Å². The summed E-state index contributed by atoms with van der Waals surface area (Å²) in [6.07, 6.45) is 0.743. The standard InChI is InChI=1S/C21H24N2O5S/c1-15-5-7-16(8-6-15)14-22-29(27,28)18-9-10-19-17(13-18)11-12-23(19)20(24)3-2-4-21(25)26/h5-10,13,22H,2-4,11-12,14H2,1H3,(H,25,26)/p-1. The highest BCUT2D eigenvalue weighted by Gasteiger charge is 2.26. The lowest BCUT2D eigenvalue weighted by molar-refractivity contribution is -0.305. The van der Waals surface area contributed by atoms with Gasteiger partial charge in [-0.2, -0.15) is 0 Å². The first-order valence-electron chi connectivity index (χ1n) is 9.44. The van der Waals surface area contributed by atoms with Crippen molar-refractivity contribution >= 4 is 27.6 Å². The molecule has 0 saturated heterocycles. The summed E-state index contributed by atoms with van der Waals surface area (Å²) >= 11 is 0. The number of amides is 1. The molecule has 29 heavy (non-hydrogen) atoms. The summed E-state index contributed by atoms with van der Waals surface area (Å²) < 4.78 is 27.9. The molecule has 1 N–H and O–H groups in total. The van der Waals surface area contributed by atoms with Crippen LogP contribution in [-0.2, 0) is 32.6 Å². The molecule has 1 heterocycles. The average Bonchev–Trinajstić information content (AvgIpc) is 3.10. The molecule has 0 aliphatic carbocycles. The summed E-state index contributed by atoms with van der Waals surface area (Å²) in [5.41, 5.74) is 3.44. The molecule has 7 nitrogen and oxygen atoms in total. The van der Waals surface area contributed by atoms with Gasteiger partial charge in [0.25, 0.3) is 0 Å². The molecular weight excluding hydrogens is 392 g/mol. The van der Waals surface area contributed by atoms with Crippen molar-refractivity contribution in [3.05, 3.63) is 59.2 Å². The van der Waals surface area contributed by atoms with Crippen molar-refractivity contribution < 1.29 is 23.1 Å². The van der Waals surface area contributed by atoms with Gasteiger partial charge >= 0.3 is 0 Å². The Balaban J connectivity index is 1.67. The minimum atomic E-state index is -3.68. The zero-order chi connectivity index (χ0) is 21.0. The smallest absolute Gasteiger partial charge is 0.240 e. The van der Waals surface area contributed by atoms with E-state index < -0.39 is 16.0 Å². The number of carbonyl (C=O) groups is 2. The lowest BCUT2D eigenvalue weighted by Crippen LogP contribution is -2.29. The molecule has 0 bridgehead atoms. The second-order valence-corrected chi connectivity index (χ2v) is 8.89. The van der Waals surface area contributed by atoms with Crippen molar-refractivity contribution in [3.8, 4) is 0 Å². The zero-order valence-corrected chi connectivity index (χ0v) is 17.0. The molecule has 0 aromatic heterocycles. The van der Waals surface area contributed by atoms with Crippen LogP contribution < -0.4 is 14.7 Å². The van der Waals surface area contributed by atoms with Gasteiger partial charge in [-0.1, -0.05) is 29.8 Å². The maximum absolute atomic E-state index is 12.6. The lowest BCUT2D eigenvalue weighted by atomic mass is 10.1. The Bertz CT molecular complexity index is 1020. The van der Waals surface area contributed by atoms with Gasteiger partial charge < -0.3 is 14.8 Å². The van der Waals surface area contributed by atoms with E-state index >= 15 is 0 Å². The highest BCUT2D eigenvalue weighted by atomic mass is 32.2. The van der Waals surface area contributed by atoms with E-state index in [0.29, 0.717) is 18.7 Å². The summed E-state index contributed by atoms with van der Waals surface area (Å²) in [6.45, 7) is 2.62. The topological polar surface area (TPSA) is 107 Å². The predicted octanol–water partition coefficient (Wildman–Crippen LogP) is 1.28. The Hall–Kier alpha value is -2.71. The monoisotopic (exact) mass is 415 g/mol. The Labute approximate surface area is 170 Å². The highest BCUT2D eigenvalue weighted by Crippen LogP contribution is 2.31. The molecule has 3 rings (SSSR count). The number of nitrogens with one attached hydrogen (secondary N) is 1. The third-order valence-electron chi connectivity index (χ3n) is 4.92. The Morgan fingerprint density at radius 1 is 1.10 bits per heavy atom. The van der Waals surface area contributed by atoms with Crippen LogP contribution in [0.4, 0.5) is 5.69 Å². The number of aliphatic carboxylic acids is 1. The number of aryl methyl sites for hydroxylation is 1. The molecule has 0 unspecified atom stereocenters. The predicted molar refractivity (Wildman–Crippen MR) is 107 cm³/mol. The van der Waals surface area contributed by atoms with Gasteiger partial charge in [-0.3, -0.25) is 4.79 Å². The molecule has 8 heteroatoms. The number of anilines is 1. The number of sulfonamides is 1. The van der Waals surface area contributed by atoms with Crippen molar-refractivity contribution in [1.82, 2.24) is 4.72 Å². The number of hydrogen-bond acceptors (Lipinski definition) is 5. The molecule has 0 radical (unpaired) electrons. The molecule has 1 aliphatic rings. The van der Waals surface area contributed by atoms with Gasteiger partial charge in [-0.05, 0) is 55.5 Å². The quantitative estimate of drug-likeness (QED) is 0.699. The van der Waals surface area contributed by atoms with E-state index in [1.807, 2.05) is 31.2 Å². The van der Waals surface area contributed by atoms with Crippen molar-refractivity contribution in [2.24, 2.45) is 0 Å². The van der Waals surface area contributed by atoms with Crippen LogP contribution in [0.15, 0.2) is 47.4 Å². The molecule has 0 atom stereocenters. The summed E-state index contributed by atoms with van der Waals surface area (Å²) in [5, 5.41) is 10.5. The van der Waals surface area contributed by atoms with Crippen LogP contribution in [0.1, 0.15) is 36.0 Å². The van der Waals surface area contributed by atoms with Crippen molar-refractivity contribution in [2.45, 2.75) is 44.0 Å². The second-order valence-electron chi connectivity index (χ2n) is 7.12. The van der Waals surface area contributed by atoms with Crippen LogP contribution in [0.25, 0.3) is 0 Å². The van der Waals surface area contributed by atoms with Gasteiger partial charge in [0.1, 0.15) is 0 Å². The third-order valence-corrected chi connectivity index (χ3v) is 6.32. The van der Waals surface area contributed by atoms with Crippen molar-refractivity contribution in [1.29, 1.82) is 0 Å². The largest absolute Gasteiger partial charge is 0.550 e. The van der Waals surface area contributed by atoms with Crippen LogP contribution in [0.3, 0.4) is 0 Å². The summed E-state index contributed by atoms with van der Waals surface area (Å²) in [5.74, 6) is -1.34. The van der Waals surface area contributed by atoms with E-state index in [4.69, 9.17) is 0 Å². The van der Waals surface area contributed by atoms with Gasteiger partial charge in [0.15, 0.2) is 0 Å². The van der Waals surface area contributed by atoms with Crippen molar-refractivity contribution in [3.63, 3.8) is 0 Å². The lowest BCUT2D eigenvalue weighted by Gasteiger charge is -2.18. The fourth-order valence-electron chi connectivity index (χ4n) is 3.29. The maximum Gasteiger partial charge on any atom is 0.240 e. The summed E-state index contributed by atoms with van der Waals surface area (Å²) in [7, 11) is -3.68. The average molecular weight is 415 g/mol. The number of carbonyl (C=O) groups excluding carboxylic acids is 2. The zero-order valence-electron chi connectivity index (χ0n) is 16.2. The van der Waals surface area contributed by atoms with Gasteiger partial charge in [-0.15, -0.1) is 0 Å². The number of carboxylic acid groups (broad SMARTS) is 1. The fourth-order valence-corrected chi connectivity index (χ4v) is 4.36. The minimum absolute atomic E-state index is 0.117. The van der Waals surface area contributed by atoms with E-state index in [0.717, 1.165) is 16.7 Å². The minimum Gasteiger partial charge on any atom is -0.550 e. The molecule has 1 amide bonds. The number of carboxylic acids is 1. The van der Waals surface area contributed by atoms with Gasteiger partial charge in [0.2, 0.25) is 15.9 Å². The molecule has 154 valence electrons. The molecule has 2 aromatic carbocycles. The molecular formula is C21H23N2O5S-. The Kier molecular flexibility index (Phi) is 6.34. The van der Waals surface area contributed by atoms with E-state index in [-0.39, 0.29) is 36.6 Å². The maximum atomic E-state index is 12.6. The first-order chi connectivity index (χ1) is 13.8. The first-order valence-corrected chi connectivity index (χ1v) is 10.9. The van der Waals surface area contributed by atoms with E-state index in [1.54, 1.807) is 17.0 Å². The second kappa shape index (κ2) is 8.75. The van der Waals surface area contributed by atoms with E-state index in [9.17, 15) is 23.1 Å². The Morgan fingerprint density at radius 2 is 1.83 bits per heavy atom. The number of benzene rings is 2.